The second-order valence-corrected chi connectivity index (χ2v) is 6.35. The van der Waals surface area contributed by atoms with E-state index < -0.39 is 11.5 Å². The van der Waals surface area contributed by atoms with Gasteiger partial charge in [-0.25, -0.2) is 4.39 Å². The maximum Gasteiger partial charge on any atom is 0.227 e. The summed E-state index contributed by atoms with van der Waals surface area (Å²) < 4.78 is 13.0. The fraction of sp³-hybridized carbons (Fsp3) is 0.316. The van der Waals surface area contributed by atoms with Crippen LogP contribution >= 0.6 is 0 Å². The Kier molecular flexibility index (Phi) is 4.18. The molecule has 2 N–H and O–H groups in total. The molecule has 0 aromatic heterocycles. The third kappa shape index (κ3) is 3.13. The Balaban J connectivity index is 1.70. The molecule has 0 spiro atoms. The van der Waals surface area contributed by atoms with Crippen molar-refractivity contribution in [3.63, 3.8) is 0 Å². The summed E-state index contributed by atoms with van der Waals surface area (Å²) in [6, 6.07) is 15.3. The van der Waals surface area contributed by atoms with Crippen LogP contribution in [0, 0.1) is 11.2 Å². The molecule has 0 bridgehead atoms. The highest BCUT2D eigenvalue weighted by Gasteiger charge is 2.56. The predicted molar refractivity (Wildman–Crippen MR) is 86.3 cm³/mol. The third-order valence-corrected chi connectivity index (χ3v) is 4.72. The van der Waals surface area contributed by atoms with Crippen molar-refractivity contribution in [3.05, 3.63) is 71.5 Å². The van der Waals surface area contributed by atoms with Crippen molar-refractivity contribution in [1.29, 1.82) is 0 Å². The minimum absolute atomic E-state index is 0.0743. The Morgan fingerprint density at radius 3 is 2.52 bits per heavy atom. The number of hydrogen-bond donors (Lipinski definition) is 2. The first kappa shape index (κ1) is 15.7. The number of halogens is 1. The molecule has 3 atom stereocenters. The molecule has 0 saturated heterocycles. The van der Waals surface area contributed by atoms with Crippen molar-refractivity contribution in [1.82, 2.24) is 5.32 Å². The Hall–Kier alpha value is -2.20. The zero-order valence-electron chi connectivity index (χ0n) is 13.0. The zero-order valence-corrected chi connectivity index (χ0v) is 13.0. The molecule has 4 heteroatoms. The Labute approximate surface area is 135 Å². The lowest BCUT2D eigenvalue weighted by molar-refractivity contribution is -0.127. The van der Waals surface area contributed by atoms with Gasteiger partial charge in [0.15, 0.2) is 0 Å². The van der Waals surface area contributed by atoms with Crippen molar-refractivity contribution in [2.45, 2.75) is 25.3 Å². The van der Waals surface area contributed by atoms with E-state index in [1.165, 1.54) is 12.1 Å². The predicted octanol–water partition coefficient (Wildman–Crippen LogP) is 3.17. The van der Waals surface area contributed by atoms with E-state index in [1.54, 1.807) is 12.1 Å². The van der Waals surface area contributed by atoms with Crippen LogP contribution < -0.4 is 5.32 Å². The first-order valence-corrected chi connectivity index (χ1v) is 7.77. The van der Waals surface area contributed by atoms with E-state index in [0.717, 1.165) is 17.5 Å². The van der Waals surface area contributed by atoms with Gasteiger partial charge in [0.2, 0.25) is 5.91 Å². The summed E-state index contributed by atoms with van der Waals surface area (Å²) >= 11 is 0. The summed E-state index contributed by atoms with van der Waals surface area (Å²) in [5, 5.41) is 12.5. The number of amides is 1. The summed E-state index contributed by atoms with van der Waals surface area (Å²) in [5.41, 5.74) is 1.36. The molecule has 0 radical (unpaired) electrons. The maximum absolute atomic E-state index is 13.0. The van der Waals surface area contributed by atoms with Crippen LogP contribution in [0.3, 0.4) is 0 Å². The lowest BCUT2D eigenvalue weighted by Gasteiger charge is -2.20. The Morgan fingerprint density at radius 2 is 1.91 bits per heavy atom. The molecule has 3 nitrogen and oxygen atoms in total. The van der Waals surface area contributed by atoms with Gasteiger partial charge >= 0.3 is 0 Å². The number of aliphatic hydroxyl groups excluding tert-OH is 1. The molecular weight excluding hydrogens is 293 g/mol. The van der Waals surface area contributed by atoms with Gasteiger partial charge in [0.1, 0.15) is 5.82 Å². The molecule has 1 aliphatic carbocycles. The van der Waals surface area contributed by atoms with Crippen molar-refractivity contribution in [2.24, 2.45) is 5.41 Å². The number of benzene rings is 2. The van der Waals surface area contributed by atoms with Crippen molar-refractivity contribution in [2.75, 3.05) is 6.61 Å². The fourth-order valence-electron chi connectivity index (χ4n) is 3.04. The van der Waals surface area contributed by atoms with E-state index in [-0.39, 0.29) is 24.2 Å². The minimum atomic E-state index is -0.500. The van der Waals surface area contributed by atoms with Crippen molar-refractivity contribution >= 4 is 5.91 Å². The molecule has 1 aliphatic rings. The molecule has 0 aliphatic heterocycles. The van der Waals surface area contributed by atoms with Gasteiger partial charge in [0.25, 0.3) is 0 Å². The molecule has 1 amide bonds. The van der Waals surface area contributed by atoms with Gasteiger partial charge in [-0.1, -0.05) is 49.4 Å². The molecule has 120 valence electrons. The third-order valence-electron chi connectivity index (χ3n) is 4.72. The van der Waals surface area contributed by atoms with E-state index in [0.29, 0.717) is 0 Å². The van der Waals surface area contributed by atoms with Crippen LogP contribution in [-0.4, -0.2) is 17.6 Å². The van der Waals surface area contributed by atoms with Crippen LogP contribution in [-0.2, 0) is 4.79 Å². The monoisotopic (exact) mass is 313 g/mol. The fourth-order valence-corrected chi connectivity index (χ4v) is 3.04. The topological polar surface area (TPSA) is 49.3 Å². The van der Waals surface area contributed by atoms with Gasteiger partial charge < -0.3 is 10.4 Å². The molecule has 23 heavy (non-hydrogen) atoms. The van der Waals surface area contributed by atoms with Gasteiger partial charge in [0, 0.05) is 0 Å². The van der Waals surface area contributed by atoms with Crippen molar-refractivity contribution in [3.8, 4) is 0 Å². The number of carbonyl (C=O) groups excluding carboxylic acids is 1. The zero-order chi connectivity index (χ0) is 16.4. The summed E-state index contributed by atoms with van der Waals surface area (Å²) in [6.07, 6.45) is 0.734. The number of hydrogen-bond acceptors (Lipinski definition) is 2. The Bertz CT molecular complexity index is 686. The van der Waals surface area contributed by atoms with E-state index in [4.69, 9.17) is 0 Å². The minimum Gasteiger partial charge on any atom is -0.394 e. The lowest BCUT2D eigenvalue weighted by Crippen LogP contribution is -2.36. The van der Waals surface area contributed by atoms with E-state index in [1.807, 2.05) is 37.3 Å². The van der Waals surface area contributed by atoms with Gasteiger partial charge in [-0.3, -0.25) is 4.79 Å². The van der Waals surface area contributed by atoms with Crippen LogP contribution in [0.2, 0.25) is 0 Å². The summed E-state index contributed by atoms with van der Waals surface area (Å²) in [6.45, 7) is 1.77. The van der Waals surface area contributed by atoms with Gasteiger partial charge in [-0.15, -0.1) is 0 Å². The molecule has 2 aromatic carbocycles. The van der Waals surface area contributed by atoms with E-state index >= 15 is 0 Å². The largest absolute Gasteiger partial charge is 0.394 e. The number of nitrogens with one attached hydrogen (secondary N) is 1. The molecule has 1 fully saturated rings. The van der Waals surface area contributed by atoms with Crippen LogP contribution in [0.4, 0.5) is 4.39 Å². The molecule has 3 rings (SSSR count). The van der Waals surface area contributed by atoms with Gasteiger partial charge in [0.05, 0.1) is 18.1 Å². The van der Waals surface area contributed by atoms with Crippen LogP contribution in [0.5, 0.6) is 0 Å². The van der Waals surface area contributed by atoms with Gasteiger partial charge in [-0.2, -0.15) is 0 Å². The first-order valence-electron chi connectivity index (χ1n) is 7.77. The second kappa shape index (κ2) is 6.13. The standard InChI is InChI=1S/C19H20FNO2/c1-19(11-16(19)13-7-9-15(20)10-8-13)18(23)21-17(12-22)14-5-3-2-4-6-14/h2-10,16-17,22H,11-12H2,1H3,(H,21,23)/t16?,17?,19-/m1/s1. The van der Waals surface area contributed by atoms with Crippen LogP contribution in [0.1, 0.15) is 36.4 Å². The molecular formula is C19H20FNO2. The number of aliphatic hydroxyl groups is 1. The Morgan fingerprint density at radius 1 is 1.26 bits per heavy atom. The van der Waals surface area contributed by atoms with Crippen LogP contribution in [0.15, 0.2) is 54.6 Å². The van der Waals surface area contributed by atoms with Crippen LogP contribution in [0.25, 0.3) is 0 Å². The van der Waals surface area contributed by atoms with Gasteiger partial charge in [-0.05, 0) is 35.6 Å². The average molecular weight is 313 g/mol. The lowest BCUT2D eigenvalue weighted by atomic mass is 9.99. The normalized spacial score (nSPS) is 24.0. The molecule has 2 aromatic rings. The highest BCUT2D eigenvalue weighted by molar-refractivity contribution is 5.87. The summed E-state index contributed by atoms with van der Waals surface area (Å²) in [5.74, 6) is -0.252. The van der Waals surface area contributed by atoms with E-state index in [9.17, 15) is 14.3 Å². The van der Waals surface area contributed by atoms with Crippen molar-refractivity contribution < 1.29 is 14.3 Å². The van der Waals surface area contributed by atoms with E-state index in [2.05, 4.69) is 5.32 Å². The highest BCUT2D eigenvalue weighted by atomic mass is 19.1. The molecule has 1 saturated carbocycles. The number of rotatable bonds is 5. The smallest absolute Gasteiger partial charge is 0.227 e. The summed E-state index contributed by atoms with van der Waals surface area (Å²) in [7, 11) is 0. The average Bonchev–Trinajstić information content (AvgIpc) is 3.27. The maximum atomic E-state index is 13.0. The molecule has 0 heterocycles. The quantitative estimate of drug-likeness (QED) is 0.891. The second-order valence-electron chi connectivity index (χ2n) is 6.35. The SMILES string of the molecule is C[C@@]1(C(=O)NC(CO)c2ccccc2)CC1c1ccc(F)cc1. The molecule has 2 unspecified atom stereocenters. The number of carbonyl (C=O) groups is 1. The highest BCUT2D eigenvalue weighted by Crippen LogP contribution is 2.59. The summed E-state index contributed by atoms with van der Waals surface area (Å²) in [4.78, 5) is 12.6. The first-order chi connectivity index (χ1) is 11.0.